The molecule has 1 fully saturated rings. The summed E-state index contributed by atoms with van der Waals surface area (Å²) in [6.07, 6.45) is 3.58. The van der Waals surface area contributed by atoms with Crippen molar-refractivity contribution in [2.24, 2.45) is 0 Å². The monoisotopic (exact) mass is 407 g/mol. The van der Waals surface area contributed by atoms with Gasteiger partial charge in [-0.1, -0.05) is 18.2 Å². The highest BCUT2D eigenvalue weighted by molar-refractivity contribution is 5.88. The molecular weight excluding hydrogens is 380 g/mol. The number of nitrogens with zero attached hydrogens (tertiary/aromatic N) is 1. The average molecular weight is 407 g/mol. The average Bonchev–Trinajstić information content (AvgIpc) is 2.66. The fraction of sp³-hybridized carbons (Fsp3) is 0.429. The van der Waals surface area contributed by atoms with Crippen LogP contribution >= 0.6 is 0 Å². The number of rotatable bonds is 10. The number of carbonyl (C=O) groups excluding carboxylic acids is 2. The highest BCUT2D eigenvalue weighted by atomic mass is 19.2. The van der Waals surface area contributed by atoms with Gasteiger partial charge >= 0.3 is 0 Å². The van der Waals surface area contributed by atoms with Crippen LogP contribution in [0.5, 0.6) is 0 Å². The number of hydrogen-bond donors (Lipinski definition) is 3. The summed E-state index contributed by atoms with van der Waals surface area (Å²) in [6, 6.07) is 2.83. The van der Waals surface area contributed by atoms with Crippen molar-refractivity contribution in [1.82, 2.24) is 15.5 Å². The molecule has 2 rings (SSSR count). The van der Waals surface area contributed by atoms with Gasteiger partial charge in [0.05, 0.1) is 18.1 Å². The van der Waals surface area contributed by atoms with E-state index in [2.05, 4.69) is 23.8 Å². The number of aliphatic hydroxyl groups is 1. The van der Waals surface area contributed by atoms with Crippen LogP contribution in [0, 0.1) is 11.6 Å². The molecule has 0 aromatic heterocycles. The van der Waals surface area contributed by atoms with Crippen molar-refractivity contribution in [1.29, 1.82) is 0 Å². The second-order valence-corrected chi connectivity index (χ2v) is 7.22. The molecule has 6 nitrogen and oxygen atoms in total. The maximum atomic E-state index is 13.5. The lowest BCUT2D eigenvalue weighted by Crippen LogP contribution is -2.56. The standard InChI is InChI=1S/C21H27F2N3O3/c1-3-7-21(29,8-4-2)14-25-19(27)12-18-20(28)24-9-10-26(18)13-15-5-6-16(22)17(23)11-15/h3-6,11,18,29H,1-2,7-10,12-14H2,(H,24,28)(H,25,27). The lowest BCUT2D eigenvalue weighted by atomic mass is 9.95. The van der Waals surface area contributed by atoms with Gasteiger partial charge in [-0.2, -0.15) is 0 Å². The molecule has 1 aromatic rings. The number of benzene rings is 1. The maximum Gasteiger partial charge on any atom is 0.237 e. The van der Waals surface area contributed by atoms with Gasteiger partial charge in [0.1, 0.15) is 0 Å². The van der Waals surface area contributed by atoms with Crippen molar-refractivity contribution in [2.75, 3.05) is 19.6 Å². The summed E-state index contributed by atoms with van der Waals surface area (Å²) in [5.74, 6) is -2.59. The van der Waals surface area contributed by atoms with Crippen LogP contribution in [-0.2, 0) is 16.1 Å². The van der Waals surface area contributed by atoms with E-state index in [1.165, 1.54) is 6.07 Å². The first kappa shape index (κ1) is 22.7. The zero-order chi connectivity index (χ0) is 21.4. The first-order valence-electron chi connectivity index (χ1n) is 9.44. The highest BCUT2D eigenvalue weighted by Gasteiger charge is 2.32. The smallest absolute Gasteiger partial charge is 0.237 e. The molecule has 0 aliphatic carbocycles. The van der Waals surface area contributed by atoms with Crippen molar-refractivity contribution < 1.29 is 23.5 Å². The van der Waals surface area contributed by atoms with E-state index < -0.39 is 29.2 Å². The van der Waals surface area contributed by atoms with Crippen LogP contribution in [0.3, 0.4) is 0 Å². The topological polar surface area (TPSA) is 81.7 Å². The van der Waals surface area contributed by atoms with E-state index in [4.69, 9.17) is 0 Å². The largest absolute Gasteiger partial charge is 0.387 e. The Bertz CT molecular complexity index is 760. The third kappa shape index (κ3) is 6.47. The minimum absolute atomic E-state index is 0.00137. The fourth-order valence-corrected chi connectivity index (χ4v) is 3.32. The molecule has 1 unspecified atom stereocenters. The van der Waals surface area contributed by atoms with E-state index in [-0.39, 0.29) is 38.3 Å². The molecule has 0 bridgehead atoms. The summed E-state index contributed by atoms with van der Waals surface area (Å²) in [6.45, 7) is 8.29. The Morgan fingerprint density at radius 1 is 1.31 bits per heavy atom. The molecule has 1 aliphatic heterocycles. The number of halogens is 2. The van der Waals surface area contributed by atoms with Crippen molar-refractivity contribution in [3.63, 3.8) is 0 Å². The van der Waals surface area contributed by atoms with Gasteiger partial charge in [-0.15, -0.1) is 13.2 Å². The van der Waals surface area contributed by atoms with Gasteiger partial charge in [0.2, 0.25) is 11.8 Å². The SMILES string of the molecule is C=CCC(O)(CC=C)CNC(=O)CC1C(=O)NCCN1Cc1ccc(F)c(F)c1. The normalized spacial score (nSPS) is 17.5. The Labute approximate surface area is 169 Å². The molecule has 1 aromatic carbocycles. The van der Waals surface area contributed by atoms with Gasteiger partial charge in [0.25, 0.3) is 0 Å². The predicted octanol–water partition coefficient (Wildman–Crippen LogP) is 1.65. The third-order valence-corrected chi connectivity index (χ3v) is 4.85. The van der Waals surface area contributed by atoms with Crippen LogP contribution in [0.15, 0.2) is 43.5 Å². The number of amides is 2. The van der Waals surface area contributed by atoms with Gasteiger partial charge in [-0.05, 0) is 30.5 Å². The molecule has 3 N–H and O–H groups in total. The van der Waals surface area contributed by atoms with Crippen LogP contribution in [0.1, 0.15) is 24.8 Å². The summed E-state index contributed by atoms with van der Waals surface area (Å²) >= 11 is 0. The Hall–Kier alpha value is -2.58. The van der Waals surface area contributed by atoms with E-state index in [1.807, 2.05) is 0 Å². The number of piperazine rings is 1. The lowest BCUT2D eigenvalue weighted by Gasteiger charge is -2.35. The molecule has 29 heavy (non-hydrogen) atoms. The Morgan fingerprint density at radius 3 is 2.62 bits per heavy atom. The first-order chi connectivity index (χ1) is 13.8. The summed E-state index contributed by atoms with van der Waals surface area (Å²) in [4.78, 5) is 26.5. The number of carbonyl (C=O) groups is 2. The second-order valence-electron chi connectivity index (χ2n) is 7.22. The van der Waals surface area contributed by atoms with Crippen LogP contribution in [0.4, 0.5) is 8.78 Å². The molecule has 0 saturated carbocycles. The highest BCUT2D eigenvalue weighted by Crippen LogP contribution is 2.18. The van der Waals surface area contributed by atoms with Crippen molar-refractivity contribution in [2.45, 2.75) is 37.5 Å². The number of nitrogens with one attached hydrogen (secondary N) is 2. The van der Waals surface area contributed by atoms with Crippen molar-refractivity contribution >= 4 is 11.8 Å². The minimum atomic E-state index is -1.18. The molecule has 0 radical (unpaired) electrons. The molecule has 8 heteroatoms. The van der Waals surface area contributed by atoms with Crippen LogP contribution < -0.4 is 10.6 Å². The summed E-state index contributed by atoms with van der Waals surface area (Å²) in [5.41, 5.74) is -0.672. The predicted molar refractivity (Wildman–Crippen MR) is 106 cm³/mol. The fourth-order valence-electron chi connectivity index (χ4n) is 3.32. The first-order valence-corrected chi connectivity index (χ1v) is 9.44. The molecule has 158 valence electrons. The van der Waals surface area contributed by atoms with Gasteiger partial charge in [0, 0.05) is 26.2 Å². The van der Waals surface area contributed by atoms with Gasteiger partial charge in [0.15, 0.2) is 11.6 Å². The van der Waals surface area contributed by atoms with Crippen LogP contribution in [0.25, 0.3) is 0 Å². The van der Waals surface area contributed by atoms with Gasteiger partial charge < -0.3 is 15.7 Å². The van der Waals surface area contributed by atoms with Crippen molar-refractivity contribution in [3.8, 4) is 0 Å². The lowest BCUT2D eigenvalue weighted by molar-refractivity contribution is -0.134. The second kappa shape index (κ2) is 10.3. The van der Waals surface area contributed by atoms with Gasteiger partial charge in [-0.25, -0.2) is 8.78 Å². The quantitative estimate of drug-likeness (QED) is 0.515. The molecular formula is C21H27F2N3O3. The zero-order valence-corrected chi connectivity index (χ0v) is 16.3. The molecule has 1 saturated heterocycles. The van der Waals surface area contributed by atoms with Crippen molar-refractivity contribution in [3.05, 3.63) is 60.7 Å². The van der Waals surface area contributed by atoms with E-state index >= 15 is 0 Å². The number of hydrogen-bond acceptors (Lipinski definition) is 4. The summed E-state index contributed by atoms with van der Waals surface area (Å²) < 4.78 is 26.6. The molecule has 1 atom stereocenters. The van der Waals surface area contributed by atoms with Gasteiger partial charge in [-0.3, -0.25) is 14.5 Å². The molecule has 2 amide bonds. The van der Waals surface area contributed by atoms with E-state index in [0.29, 0.717) is 18.7 Å². The molecule has 1 heterocycles. The Kier molecular flexibility index (Phi) is 8.04. The third-order valence-electron chi connectivity index (χ3n) is 4.85. The molecule has 1 aliphatic rings. The maximum absolute atomic E-state index is 13.5. The van der Waals surface area contributed by atoms with Crippen LogP contribution in [0.2, 0.25) is 0 Å². The summed E-state index contributed by atoms with van der Waals surface area (Å²) in [5, 5.41) is 15.9. The van der Waals surface area contributed by atoms with E-state index in [1.54, 1.807) is 17.1 Å². The van der Waals surface area contributed by atoms with E-state index in [0.717, 1.165) is 12.1 Å². The Morgan fingerprint density at radius 2 is 2.00 bits per heavy atom. The Balaban J connectivity index is 2.01. The zero-order valence-electron chi connectivity index (χ0n) is 16.3. The van der Waals surface area contributed by atoms with E-state index in [9.17, 15) is 23.5 Å². The minimum Gasteiger partial charge on any atom is -0.387 e. The summed E-state index contributed by atoms with van der Waals surface area (Å²) in [7, 11) is 0. The molecule has 0 spiro atoms. The van der Waals surface area contributed by atoms with Crippen LogP contribution in [-0.4, -0.2) is 53.1 Å².